The second-order valence-electron chi connectivity index (χ2n) is 2.44. The molecule has 0 unspecified atom stereocenters. The van der Waals surface area contributed by atoms with Gasteiger partial charge in [-0.2, -0.15) is 22.0 Å². The molecule has 0 aliphatic carbocycles. The van der Waals surface area contributed by atoms with Crippen LogP contribution in [0.15, 0.2) is 11.5 Å². The van der Waals surface area contributed by atoms with Crippen molar-refractivity contribution in [2.75, 3.05) is 12.9 Å². The molecule has 3 nitrogen and oxygen atoms in total. The monoisotopic (exact) mass is 266 g/mol. The molecule has 0 atom stereocenters. The van der Waals surface area contributed by atoms with Crippen molar-refractivity contribution in [2.24, 2.45) is 0 Å². The van der Waals surface area contributed by atoms with E-state index in [2.05, 4.69) is 4.74 Å². The maximum Gasteiger partial charge on any atom is 0.433 e. The first-order valence-corrected chi connectivity index (χ1v) is 4.35. The van der Waals surface area contributed by atoms with Crippen molar-refractivity contribution in [3.05, 3.63) is 11.5 Å². The van der Waals surface area contributed by atoms with E-state index in [1.807, 2.05) is 5.32 Å². The lowest BCUT2D eigenvalue weighted by Gasteiger charge is -2.15. The third-order valence-electron chi connectivity index (χ3n) is 1.43. The van der Waals surface area contributed by atoms with E-state index in [1.165, 1.54) is 0 Å². The first-order valence-electron chi connectivity index (χ1n) is 3.81. The summed E-state index contributed by atoms with van der Waals surface area (Å²) in [6.45, 7) is -3.30. The maximum atomic E-state index is 12.1. The Hall–Kier alpha value is -1.05. The summed E-state index contributed by atoms with van der Waals surface area (Å²) < 4.78 is 63.8. The van der Waals surface area contributed by atoms with Gasteiger partial charge in [-0.15, -0.1) is 11.6 Å². The molecule has 0 spiro atoms. The Balaban J connectivity index is 5.19. The summed E-state index contributed by atoms with van der Waals surface area (Å²) in [6, 6.07) is 0. The van der Waals surface area contributed by atoms with Gasteiger partial charge in [0.25, 0.3) is 0 Å². The molecule has 0 aromatic heterocycles. The van der Waals surface area contributed by atoms with Gasteiger partial charge in [0.1, 0.15) is 5.71 Å². The molecular weight excluding hydrogens is 259 g/mol. The van der Waals surface area contributed by atoms with E-state index in [-0.39, 0.29) is 0 Å². The molecule has 9 heteroatoms. The first kappa shape index (κ1) is 14.9. The highest BCUT2D eigenvalue weighted by molar-refractivity contribution is 6.23. The Bertz CT molecular complexity index is 289. The number of hydrogen-bond acceptors (Lipinski definition) is 3. The third-order valence-corrected chi connectivity index (χ3v) is 1.69. The number of allylic oxidation sites excluding steroid dienone is 1. The standard InChI is InChI=1S/C7H8ClF5N2O/c1-15-5(16-6(9)10)3(2-8)4(14)7(11,12)13/h6,14-15H,2H2,1H3/b5-3+,14-4?. The number of ether oxygens (including phenoxy) is 1. The topological polar surface area (TPSA) is 45.1 Å². The van der Waals surface area contributed by atoms with E-state index >= 15 is 0 Å². The fraction of sp³-hybridized carbons (Fsp3) is 0.571. The highest BCUT2D eigenvalue weighted by atomic mass is 35.5. The average Bonchev–Trinajstić information content (AvgIpc) is 2.15. The first-order chi connectivity index (χ1) is 7.23. The molecule has 2 N–H and O–H groups in total. The van der Waals surface area contributed by atoms with E-state index in [9.17, 15) is 22.0 Å². The molecule has 94 valence electrons. The Kier molecular flexibility index (Phi) is 5.49. The number of nitrogens with one attached hydrogen (secondary N) is 2. The predicted molar refractivity (Wildman–Crippen MR) is 47.7 cm³/mol. The van der Waals surface area contributed by atoms with Crippen LogP contribution in [-0.2, 0) is 4.74 Å². The van der Waals surface area contributed by atoms with Crippen molar-refractivity contribution in [3.63, 3.8) is 0 Å². The van der Waals surface area contributed by atoms with Gasteiger partial charge in [-0.05, 0) is 0 Å². The van der Waals surface area contributed by atoms with Gasteiger partial charge in [0.2, 0.25) is 0 Å². The van der Waals surface area contributed by atoms with Crippen LogP contribution in [0.5, 0.6) is 0 Å². The summed E-state index contributed by atoms with van der Waals surface area (Å²) in [5.41, 5.74) is -2.70. The van der Waals surface area contributed by atoms with Crippen molar-refractivity contribution >= 4 is 17.3 Å². The molecule has 0 heterocycles. The molecule has 0 aliphatic heterocycles. The fourth-order valence-electron chi connectivity index (χ4n) is 0.782. The predicted octanol–water partition coefficient (Wildman–Crippen LogP) is 2.48. The zero-order valence-corrected chi connectivity index (χ0v) is 8.72. The lowest BCUT2D eigenvalue weighted by atomic mass is 10.2. The molecule has 0 amide bonds. The van der Waals surface area contributed by atoms with Crippen LogP contribution in [0.3, 0.4) is 0 Å². The van der Waals surface area contributed by atoms with Gasteiger partial charge in [0.15, 0.2) is 5.88 Å². The minimum Gasteiger partial charge on any atom is -0.419 e. The SMILES string of the molecule is CN/C(OC(F)F)=C(/CCl)C(=N)C(F)(F)F. The second-order valence-corrected chi connectivity index (χ2v) is 2.71. The van der Waals surface area contributed by atoms with Crippen LogP contribution in [0.1, 0.15) is 0 Å². The van der Waals surface area contributed by atoms with Crippen molar-refractivity contribution in [1.29, 1.82) is 5.41 Å². The molecule has 0 radical (unpaired) electrons. The quantitative estimate of drug-likeness (QED) is 0.347. The van der Waals surface area contributed by atoms with Crippen LogP contribution in [0.4, 0.5) is 22.0 Å². The van der Waals surface area contributed by atoms with Crippen molar-refractivity contribution in [1.82, 2.24) is 5.32 Å². The van der Waals surface area contributed by atoms with E-state index in [0.29, 0.717) is 0 Å². The Labute approximate surface area is 92.7 Å². The summed E-state index contributed by atoms with van der Waals surface area (Å²) in [5.74, 6) is -1.64. The Morgan fingerprint density at radius 1 is 1.44 bits per heavy atom. The van der Waals surface area contributed by atoms with Crippen LogP contribution >= 0.6 is 11.6 Å². The number of halogens is 6. The van der Waals surface area contributed by atoms with Gasteiger partial charge in [-0.25, -0.2) is 0 Å². The summed E-state index contributed by atoms with van der Waals surface area (Å²) in [6.07, 6.45) is -4.97. The second kappa shape index (κ2) is 5.88. The summed E-state index contributed by atoms with van der Waals surface area (Å²) in [5, 5.41) is 8.73. The van der Waals surface area contributed by atoms with Gasteiger partial charge in [0, 0.05) is 7.05 Å². The van der Waals surface area contributed by atoms with Crippen LogP contribution in [0.2, 0.25) is 0 Å². The van der Waals surface area contributed by atoms with Crippen LogP contribution < -0.4 is 5.32 Å². The normalized spacial score (nSPS) is 13.5. The summed E-state index contributed by atoms with van der Waals surface area (Å²) in [4.78, 5) is 0. The van der Waals surface area contributed by atoms with Gasteiger partial charge in [0.05, 0.1) is 11.5 Å². The average molecular weight is 267 g/mol. The van der Waals surface area contributed by atoms with Gasteiger partial charge >= 0.3 is 12.8 Å². The molecule has 0 aliphatic rings. The van der Waals surface area contributed by atoms with Crippen molar-refractivity contribution in [2.45, 2.75) is 12.8 Å². The highest BCUT2D eigenvalue weighted by Crippen LogP contribution is 2.24. The lowest BCUT2D eigenvalue weighted by Crippen LogP contribution is -2.29. The van der Waals surface area contributed by atoms with Crippen molar-refractivity contribution < 1.29 is 26.7 Å². The zero-order valence-electron chi connectivity index (χ0n) is 7.96. The molecule has 16 heavy (non-hydrogen) atoms. The zero-order chi connectivity index (χ0) is 12.9. The summed E-state index contributed by atoms with van der Waals surface area (Å²) >= 11 is 5.16. The minimum atomic E-state index is -4.97. The maximum absolute atomic E-state index is 12.1. The van der Waals surface area contributed by atoms with Gasteiger partial charge in [-0.3, -0.25) is 5.41 Å². The number of alkyl halides is 6. The molecular formula is C7H8ClF5N2O. The molecule has 0 fully saturated rings. The van der Waals surface area contributed by atoms with Crippen LogP contribution in [0.25, 0.3) is 0 Å². The molecule has 0 bridgehead atoms. The molecule has 0 saturated carbocycles. The van der Waals surface area contributed by atoms with E-state index in [0.717, 1.165) is 7.05 Å². The van der Waals surface area contributed by atoms with E-state index in [1.54, 1.807) is 0 Å². The fourth-order valence-corrected chi connectivity index (χ4v) is 1.04. The Morgan fingerprint density at radius 2 is 1.94 bits per heavy atom. The lowest BCUT2D eigenvalue weighted by molar-refractivity contribution is -0.102. The van der Waals surface area contributed by atoms with Gasteiger partial charge < -0.3 is 10.1 Å². The highest BCUT2D eigenvalue weighted by Gasteiger charge is 2.38. The van der Waals surface area contributed by atoms with Crippen LogP contribution in [0, 0.1) is 5.41 Å². The third kappa shape index (κ3) is 4.21. The van der Waals surface area contributed by atoms with E-state index < -0.39 is 35.8 Å². The molecule has 0 rings (SSSR count). The molecule has 0 saturated heterocycles. The molecule has 0 aromatic carbocycles. The summed E-state index contributed by atoms with van der Waals surface area (Å²) in [7, 11) is 1.08. The van der Waals surface area contributed by atoms with E-state index in [4.69, 9.17) is 17.0 Å². The van der Waals surface area contributed by atoms with Crippen LogP contribution in [-0.4, -0.2) is 31.4 Å². The van der Waals surface area contributed by atoms with Gasteiger partial charge in [-0.1, -0.05) is 0 Å². The molecule has 0 aromatic rings. The number of hydrogen-bond donors (Lipinski definition) is 2. The van der Waals surface area contributed by atoms with Crippen molar-refractivity contribution in [3.8, 4) is 0 Å². The largest absolute Gasteiger partial charge is 0.433 e. The number of rotatable bonds is 5. The minimum absolute atomic E-state index is 0.777. The Morgan fingerprint density at radius 3 is 2.19 bits per heavy atom. The smallest absolute Gasteiger partial charge is 0.419 e.